The van der Waals surface area contributed by atoms with Crippen LogP contribution < -0.4 is 10.9 Å². The summed E-state index contributed by atoms with van der Waals surface area (Å²) in [7, 11) is 0. The summed E-state index contributed by atoms with van der Waals surface area (Å²) in [6.07, 6.45) is 3.17. The lowest BCUT2D eigenvalue weighted by Gasteiger charge is -2.28. The quantitative estimate of drug-likeness (QED) is 0.107. The van der Waals surface area contributed by atoms with Crippen LogP contribution >= 0.6 is 23.4 Å². The molecule has 4 aromatic rings. The Kier molecular flexibility index (Phi) is 8.81. The molecular weight excluding hydrogens is 548 g/mol. The molecule has 40 heavy (non-hydrogen) atoms. The van der Waals surface area contributed by atoms with Gasteiger partial charge in [0.05, 0.1) is 15.8 Å². The average molecular weight is 577 g/mol. The Hall–Kier alpha value is -3.69. The highest BCUT2D eigenvalue weighted by molar-refractivity contribution is 7.98. The van der Waals surface area contributed by atoms with Crippen LogP contribution in [0.2, 0.25) is 5.02 Å². The highest BCUT2D eigenvalue weighted by Gasteiger charge is 2.27. The normalized spacial score (nSPS) is 17.0. The zero-order valence-corrected chi connectivity index (χ0v) is 23.4. The van der Waals surface area contributed by atoms with Gasteiger partial charge >= 0.3 is 0 Å². The van der Waals surface area contributed by atoms with E-state index in [-0.39, 0.29) is 29.0 Å². The molecule has 0 radical (unpaired) electrons. The molecule has 206 valence electrons. The molecular formula is C30H29ClN4O4S. The molecule has 1 heterocycles. The van der Waals surface area contributed by atoms with Gasteiger partial charge in [0.2, 0.25) is 5.91 Å². The van der Waals surface area contributed by atoms with Gasteiger partial charge in [-0.05, 0) is 60.9 Å². The van der Waals surface area contributed by atoms with Gasteiger partial charge in [-0.2, -0.15) is 0 Å². The number of amides is 1. The van der Waals surface area contributed by atoms with Gasteiger partial charge in [-0.3, -0.25) is 24.3 Å². The topological polar surface area (TPSA) is 107 Å². The van der Waals surface area contributed by atoms with E-state index in [1.54, 1.807) is 22.8 Å². The second-order valence-corrected chi connectivity index (χ2v) is 11.4. The average Bonchev–Trinajstić information content (AvgIpc) is 2.97. The summed E-state index contributed by atoms with van der Waals surface area (Å²) in [6.45, 7) is 0.920. The molecule has 8 nitrogen and oxygen atoms in total. The SMILES string of the molecule is O=C(NCc1ccccc1Cl)C1CCC(Cn2c(SCc3cccc([N+](=O)[O-])c3)nc3ccccc3c2=O)CC1. The summed E-state index contributed by atoms with van der Waals surface area (Å²) in [6, 6.07) is 21.3. The number of thioether (sulfide) groups is 1. The van der Waals surface area contributed by atoms with Crippen LogP contribution in [0.1, 0.15) is 36.8 Å². The smallest absolute Gasteiger partial charge is 0.269 e. The molecule has 1 N–H and O–H groups in total. The van der Waals surface area contributed by atoms with Crippen LogP contribution in [0.3, 0.4) is 0 Å². The first kappa shape index (κ1) is 27.9. The lowest BCUT2D eigenvalue weighted by Crippen LogP contribution is -2.34. The summed E-state index contributed by atoms with van der Waals surface area (Å²) in [5.41, 5.74) is 2.26. The molecule has 0 bridgehead atoms. The molecule has 10 heteroatoms. The Morgan fingerprint density at radius 3 is 2.58 bits per heavy atom. The van der Waals surface area contributed by atoms with Crippen molar-refractivity contribution in [2.45, 2.75) is 49.7 Å². The van der Waals surface area contributed by atoms with E-state index >= 15 is 0 Å². The van der Waals surface area contributed by atoms with Gasteiger partial charge in [0.25, 0.3) is 11.2 Å². The van der Waals surface area contributed by atoms with Gasteiger partial charge in [0.1, 0.15) is 0 Å². The maximum atomic E-state index is 13.5. The van der Waals surface area contributed by atoms with Gasteiger partial charge in [-0.25, -0.2) is 4.98 Å². The van der Waals surface area contributed by atoms with E-state index in [2.05, 4.69) is 5.32 Å². The summed E-state index contributed by atoms with van der Waals surface area (Å²) in [5, 5.41) is 16.0. The molecule has 1 saturated carbocycles. The number of nitro groups is 1. The molecule has 0 spiro atoms. The van der Waals surface area contributed by atoms with Crippen molar-refractivity contribution in [1.29, 1.82) is 0 Å². The third-order valence-corrected chi connectivity index (χ3v) is 8.80. The van der Waals surface area contributed by atoms with Gasteiger partial charge in [-0.1, -0.05) is 65.8 Å². The van der Waals surface area contributed by atoms with Crippen molar-refractivity contribution >= 4 is 45.9 Å². The number of halogens is 1. The summed E-state index contributed by atoms with van der Waals surface area (Å²) in [5.74, 6) is 0.666. The van der Waals surface area contributed by atoms with Crippen LogP contribution in [0.15, 0.2) is 82.7 Å². The van der Waals surface area contributed by atoms with Gasteiger partial charge in [-0.15, -0.1) is 0 Å². The number of hydrogen-bond donors (Lipinski definition) is 1. The zero-order chi connectivity index (χ0) is 28.1. The van der Waals surface area contributed by atoms with Crippen molar-refractivity contribution in [3.05, 3.63) is 109 Å². The maximum absolute atomic E-state index is 13.5. The largest absolute Gasteiger partial charge is 0.352 e. The van der Waals surface area contributed by atoms with E-state index in [0.29, 0.717) is 39.9 Å². The first-order valence-electron chi connectivity index (χ1n) is 13.3. The second-order valence-electron chi connectivity index (χ2n) is 10.1. The molecule has 0 aliphatic heterocycles. The Balaban J connectivity index is 1.27. The van der Waals surface area contributed by atoms with Gasteiger partial charge in [0.15, 0.2) is 5.16 Å². The molecule has 0 atom stereocenters. The Morgan fingerprint density at radius 1 is 1.05 bits per heavy atom. The third-order valence-electron chi connectivity index (χ3n) is 7.39. The summed E-state index contributed by atoms with van der Waals surface area (Å²) >= 11 is 7.62. The van der Waals surface area contributed by atoms with Crippen molar-refractivity contribution in [3.63, 3.8) is 0 Å². The molecule has 5 rings (SSSR count). The van der Waals surface area contributed by atoms with Crippen LogP contribution in [-0.2, 0) is 23.6 Å². The predicted octanol–water partition coefficient (Wildman–Crippen LogP) is 6.37. The highest BCUT2D eigenvalue weighted by atomic mass is 35.5. The van der Waals surface area contributed by atoms with E-state index in [1.807, 2.05) is 48.5 Å². The molecule has 1 aliphatic rings. The number of nitrogens with one attached hydrogen (secondary N) is 1. The monoisotopic (exact) mass is 576 g/mol. The van der Waals surface area contributed by atoms with E-state index in [4.69, 9.17) is 16.6 Å². The number of fused-ring (bicyclic) bond motifs is 1. The van der Waals surface area contributed by atoms with Crippen molar-refractivity contribution in [3.8, 4) is 0 Å². The fraction of sp³-hybridized carbons (Fsp3) is 0.300. The minimum Gasteiger partial charge on any atom is -0.352 e. The third kappa shape index (κ3) is 6.54. The van der Waals surface area contributed by atoms with Crippen molar-refractivity contribution < 1.29 is 9.72 Å². The van der Waals surface area contributed by atoms with Gasteiger partial charge in [0, 0.05) is 41.9 Å². The number of nitro benzene ring substituents is 1. The number of benzene rings is 3. The van der Waals surface area contributed by atoms with Crippen LogP contribution in [0, 0.1) is 22.0 Å². The molecule has 1 aliphatic carbocycles. The first-order valence-corrected chi connectivity index (χ1v) is 14.6. The minimum absolute atomic E-state index is 0.0367. The Morgan fingerprint density at radius 2 is 1.80 bits per heavy atom. The van der Waals surface area contributed by atoms with E-state index in [9.17, 15) is 19.7 Å². The van der Waals surface area contributed by atoms with E-state index in [0.717, 1.165) is 36.8 Å². The van der Waals surface area contributed by atoms with Crippen molar-refractivity contribution in [2.24, 2.45) is 11.8 Å². The zero-order valence-electron chi connectivity index (χ0n) is 21.8. The lowest BCUT2D eigenvalue weighted by atomic mass is 9.81. The van der Waals surface area contributed by atoms with Crippen LogP contribution in [0.4, 0.5) is 5.69 Å². The molecule has 1 aromatic heterocycles. The standard InChI is InChI=1S/C30H29ClN4O4S/c31-26-10-3-1-7-23(26)17-32-28(36)22-14-12-20(13-15-22)18-34-29(37)25-9-2-4-11-27(25)33-30(34)40-19-21-6-5-8-24(16-21)35(38)39/h1-11,16,20,22H,12-15,17-19H2,(H,32,36). The van der Waals surface area contributed by atoms with Crippen molar-refractivity contribution in [2.75, 3.05) is 0 Å². The molecule has 1 fully saturated rings. The molecule has 1 amide bonds. The number of aromatic nitrogens is 2. The highest BCUT2D eigenvalue weighted by Crippen LogP contribution is 2.32. The number of para-hydroxylation sites is 1. The minimum atomic E-state index is -0.411. The molecule has 0 saturated heterocycles. The molecule has 3 aromatic carbocycles. The van der Waals surface area contributed by atoms with Crippen LogP contribution in [0.5, 0.6) is 0 Å². The predicted molar refractivity (Wildman–Crippen MR) is 157 cm³/mol. The van der Waals surface area contributed by atoms with Crippen molar-refractivity contribution in [1.82, 2.24) is 14.9 Å². The van der Waals surface area contributed by atoms with E-state index in [1.165, 1.54) is 17.8 Å². The van der Waals surface area contributed by atoms with Crippen LogP contribution in [0.25, 0.3) is 10.9 Å². The maximum Gasteiger partial charge on any atom is 0.269 e. The fourth-order valence-corrected chi connectivity index (χ4v) is 6.31. The number of non-ortho nitro benzene ring substituents is 1. The second kappa shape index (κ2) is 12.7. The van der Waals surface area contributed by atoms with E-state index < -0.39 is 4.92 Å². The fourth-order valence-electron chi connectivity index (χ4n) is 5.16. The lowest BCUT2D eigenvalue weighted by molar-refractivity contribution is -0.384. The summed E-state index contributed by atoms with van der Waals surface area (Å²) in [4.78, 5) is 41.9. The number of rotatable bonds is 9. The number of carbonyl (C=O) groups excluding carboxylic acids is 1. The Labute approximate surface area is 240 Å². The van der Waals surface area contributed by atoms with Gasteiger partial charge < -0.3 is 5.32 Å². The summed E-state index contributed by atoms with van der Waals surface area (Å²) < 4.78 is 1.74. The number of carbonyl (C=O) groups is 1. The first-order chi connectivity index (χ1) is 19.4. The number of nitrogens with zero attached hydrogens (tertiary/aromatic N) is 3. The van der Waals surface area contributed by atoms with Crippen LogP contribution in [-0.4, -0.2) is 20.4 Å². The Bertz CT molecular complexity index is 1600. The number of hydrogen-bond acceptors (Lipinski definition) is 6. The molecule has 0 unspecified atom stereocenters.